The largest absolute Gasteiger partial charge is 0.311 e. The second kappa shape index (κ2) is 13.8. The van der Waals surface area contributed by atoms with Gasteiger partial charge in [0.25, 0.3) is 6.71 Å². The topological polar surface area (TPSA) is 6.48 Å². The third-order valence-corrected chi connectivity index (χ3v) is 16.1. The average molecular weight is 767 g/mol. The van der Waals surface area contributed by atoms with Crippen molar-refractivity contribution < 1.29 is 0 Å². The van der Waals surface area contributed by atoms with E-state index in [9.17, 15) is 0 Å². The van der Waals surface area contributed by atoms with Crippen LogP contribution in [0, 0.1) is 0 Å². The van der Waals surface area contributed by atoms with Gasteiger partial charge in [0.1, 0.15) is 0 Å². The van der Waals surface area contributed by atoms with Crippen LogP contribution >= 0.6 is 0 Å². The van der Waals surface area contributed by atoms with E-state index in [2.05, 4.69) is 107 Å². The maximum absolute atomic E-state index is 2.88. The Balaban J connectivity index is 1.15. The first-order chi connectivity index (χ1) is 29.3. The second-order valence-electron chi connectivity index (χ2n) is 19.2. The van der Waals surface area contributed by atoms with E-state index in [1.807, 2.05) is 0 Å². The molecule has 0 amide bonds. The van der Waals surface area contributed by atoms with Gasteiger partial charge in [-0.3, -0.25) is 0 Å². The Hall–Kier alpha value is -5.02. The highest BCUT2D eigenvalue weighted by Crippen LogP contribution is 2.52. The van der Waals surface area contributed by atoms with Gasteiger partial charge in [-0.1, -0.05) is 72.8 Å². The van der Waals surface area contributed by atoms with Crippen LogP contribution in [0.4, 0.5) is 34.1 Å². The number of hydrogen-bond acceptors (Lipinski definition) is 2. The van der Waals surface area contributed by atoms with Crippen molar-refractivity contribution in [3.8, 4) is 0 Å². The molecular formula is C56H55BN2. The minimum atomic E-state index is 0.206. The van der Waals surface area contributed by atoms with Gasteiger partial charge in [-0.05, 0) is 230 Å². The quantitative estimate of drug-likeness (QED) is 0.165. The van der Waals surface area contributed by atoms with Crippen molar-refractivity contribution in [3.05, 3.63) is 158 Å². The van der Waals surface area contributed by atoms with Crippen molar-refractivity contribution in [2.45, 2.75) is 128 Å². The number of aryl methyl sites for hydroxylation is 5. The summed E-state index contributed by atoms with van der Waals surface area (Å²) in [5, 5.41) is 0. The average Bonchev–Trinajstić information content (AvgIpc) is 3.30. The fourth-order valence-corrected chi connectivity index (χ4v) is 13.3. The number of fused-ring (bicyclic) bond motifs is 11. The predicted molar refractivity (Wildman–Crippen MR) is 248 cm³/mol. The van der Waals surface area contributed by atoms with E-state index in [0.29, 0.717) is 5.92 Å². The highest BCUT2D eigenvalue weighted by atomic mass is 15.2. The summed E-state index contributed by atoms with van der Waals surface area (Å²) in [5.74, 6) is 0.486. The zero-order valence-corrected chi connectivity index (χ0v) is 34.7. The number of nitrogens with zero attached hydrogens (tertiary/aromatic N) is 2. The van der Waals surface area contributed by atoms with Crippen LogP contribution in [0.15, 0.2) is 97.1 Å². The van der Waals surface area contributed by atoms with E-state index in [1.54, 1.807) is 72.0 Å². The Bertz CT molecular complexity index is 2550. The predicted octanol–water partition coefficient (Wildman–Crippen LogP) is 11.6. The maximum atomic E-state index is 2.88. The van der Waals surface area contributed by atoms with Crippen LogP contribution in [0.5, 0.6) is 0 Å². The standard InChI is InChI=1S/C56H55BN2/c1-2-18-41-33-42(28-27-36(41)13-1)43-34-52-54-53(35-43)59(51-26-12-20-38-15-4-8-22-45(38)51)56-47-24-10-6-17-40(47)30-32-49(56)57(54)48-31-29-39-16-5-9-23-46(39)55(48)58(52)50-25-11-19-37-14-3-7-21-44(37)50/h1-2,11-13,18-20,25-26,29-32,34-35,42H,3-10,14-17,21-24,27-28,33H2. The fraction of sp³-hybridized carbons (Fsp3) is 0.357. The molecule has 5 aliphatic carbocycles. The van der Waals surface area contributed by atoms with E-state index in [4.69, 9.17) is 0 Å². The highest BCUT2D eigenvalue weighted by molar-refractivity contribution is 7.00. The Morgan fingerprint density at radius 3 is 1.39 bits per heavy atom. The SMILES string of the molecule is c1ccc2c(c1)CCC(c1cc3c4c(c1)N(c1cccc5c1CCCC5)c1c(ccc5c1CCCC5)B4c1ccc4c(c1N3c1cccc3c1CCCC3)CCCC4)C2. The molecule has 3 heteroatoms. The van der Waals surface area contributed by atoms with E-state index in [1.165, 1.54) is 149 Å². The molecule has 1 unspecified atom stereocenters. The Morgan fingerprint density at radius 2 is 0.847 bits per heavy atom. The van der Waals surface area contributed by atoms with E-state index in [-0.39, 0.29) is 6.71 Å². The molecule has 0 N–H and O–H groups in total. The molecule has 0 spiro atoms. The molecule has 0 radical (unpaired) electrons. The highest BCUT2D eigenvalue weighted by Gasteiger charge is 2.47. The first-order valence-electron chi connectivity index (χ1n) is 23.6. The molecule has 0 saturated heterocycles. The monoisotopic (exact) mass is 766 g/mol. The smallest absolute Gasteiger partial charge is 0.252 e. The minimum absolute atomic E-state index is 0.206. The van der Waals surface area contributed by atoms with Gasteiger partial charge in [-0.15, -0.1) is 0 Å². The molecule has 6 aromatic carbocycles. The molecule has 0 fully saturated rings. The first-order valence-corrected chi connectivity index (χ1v) is 23.6. The van der Waals surface area contributed by atoms with E-state index in [0.717, 1.165) is 12.8 Å². The van der Waals surface area contributed by atoms with Gasteiger partial charge >= 0.3 is 0 Å². The third-order valence-electron chi connectivity index (χ3n) is 16.1. The number of benzene rings is 6. The van der Waals surface area contributed by atoms with Gasteiger partial charge in [0, 0.05) is 34.1 Å². The summed E-state index contributed by atoms with van der Waals surface area (Å²) in [7, 11) is 0. The normalized spacial score (nSPS) is 19.7. The van der Waals surface area contributed by atoms with Crippen LogP contribution in [0.1, 0.15) is 125 Å². The summed E-state index contributed by atoms with van der Waals surface area (Å²) in [5.41, 5.74) is 31.0. The molecule has 1 atom stereocenters. The van der Waals surface area contributed by atoms with Crippen molar-refractivity contribution in [2.75, 3.05) is 9.80 Å². The van der Waals surface area contributed by atoms with Crippen LogP contribution in [0.3, 0.4) is 0 Å². The molecule has 59 heavy (non-hydrogen) atoms. The van der Waals surface area contributed by atoms with Gasteiger partial charge < -0.3 is 9.80 Å². The maximum Gasteiger partial charge on any atom is 0.252 e. The van der Waals surface area contributed by atoms with Crippen LogP contribution < -0.4 is 26.2 Å². The molecule has 2 nitrogen and oxygen atoms in total. The Labute approximate surface area is 351 Å². The summed E-state index contributed by atoms with van der Waals surface area (Å²) in [6, 6.07) is 39.8. The van der Waals surface area contributed by atoms with Crippen molar-refractivity contribution in [1.29, 1.82) is 0 Å². The number of rotatable bonds is 3. The van der Waals surface area contributed by atoms with Crippen molar-refractivity contribution in [3.63, 3.8) is 0 Å². The molecule has 292 valence electrons. The van der Waals surface area contributed by atoms with Crippen molar-refractivity contribution in [1.82, 2.24) is 0 Å². The molecule has 13 rings (SSSR count). The zero-order valence-electron chi connectivity index (χ0n) is 34.7. The molecule has 7 aliphatic rings. The summed E-state index contributed by atoms with van der Waals surface area (Å²) in [4.78, 5) is 5.75. The van der Waals surface area contributed by atoms with Crippen LogP contribution in [-0.2, 0) is 64.2 Å². The van der Waals surface area contributed by atoms with Gasteiger partial charge in [-0.2, -0.15) is 0 Å². The first kappa shape index (κ1) is 34.8. The third kappa shape index (κ3) is 5.31. The molecule has 0 aromatic heterocycles. The molecular weight excluding hydrogens is 711 g/mol. The molecule has 6 aromatic rings. The van der Waals surface area contributed by atoms with Crippen molar-refractivity contribution >= 4 is 57.2 Å². The van der Waals surface area contributed by atoms with Crippen LogP contribution in [0.2, 0.25) is 0 Å². The summed E-state index contributed by atoms with van der Waals surface area (Å²) in [6.07, 6.45) is 23.3. The minimum Gasteiger partial charge on any atom is -0.311 e. The van der Waals surface area contributed by atoms with E-state index >= 15 is 0 Å². The van der Waals surface area contributed by atoms with Gasteiger partial charge in [-0.25, -0.2) is 0 Å². The van der Waals surface area contributed by atoms with Crippen LogP contribution in [0.25, 0.3) is 0 Å². The second-order valence-corrected chi connectivity index (χ2v) is 19.2. The zero-order chi connectivity index (χ0) is 38.6. The van der Waals surface area contributed by atoms with Gasteiger partial charge in [0.2, 0.25) is 0 Å². The number of anilines is 6. The summed E-state index contributed by atoms with van der Waals surface area (Å²) >= 11 is 0. The lowest BCUT2D eigenvalue weighted by Crippen LogP contribution is -2.62. The lowest BCUT2D eigenvalue weighted by atomic mass is 9.33. The fourth-order valence-electron chi connectivity index (χ4n) is 13.3. The summed E-state index contributed by atoms with van der Waals surface area (Å²) in [6.45, 7) is 0.206. The Morgan fingerprint density at radius 1 is 0.390 bits per heavy atom. The lowest BCUT2D eigenvalue weighted by molar-refractivity contribution is 0.585. The van der Waals surface area contributed by atoms with Crippen molar-refractivity contribution in [2.24, 2.45) is 0 Å². The molecule has 2 heterocycles. The van der Waals surface area contributed by atoms with Crippen LogP contribution in [-0.4, -0.2) is 6.71 Å². The van der Waals surface area contributed by atoms with Gasteiger partial charge in [0.15, 0.2) is 0 Å². The molecule has 2 aliphatic heterocycles. The van der Waals surface area contributed by atoms with E-state index < -0.39 is 0 Å². The Kier molecular flexibility index (Phi) is 8.12. The molecule has 0 bridgehead atoms. The number of hydrogen-bond donors (Lipinski definition) is 0. The lowest BCUT2D eigenvalue weighted by Gasteiger charge is -2.48. The van der Waals surface area contributed by atoms with Gasteiger partial charge in [0.05, 0.1) is 0 Å². The summed E-state index contributed by atoms with van der Waals surface area (Å²) < 4.78 is 0. The molecule has 0 saturated carbocycles.